The summed E-state index contributed by atoms with van der Waals surface area (Å²) in [6.45, 7) is 3.10. The molecule has 0 radical (unpaired) electrons. The van der Waals surface area contributed by atoms with E-state index in [9.17, 15) is 9.59 Å². The maximum Gasteiger partial charge on any atom is 0.308 e. The van der Waals surface area contributed by atoms with Crippen molar-refractivity contribution in [3.8, 4) is 17.2 Å². The van der Waals surface area contributed by atoms with Crippen LogP contribution in [0, 0.1) is 6.92 Å². The van der Waals surface area contributed by atoms with E-state index in [0.29, 0.717) is 28.4 Å². The Hall–Kier alpha value is -3.08. The van der Waals surface area contributed by atoms with E-state index in [1.54, 1.807) is 32.2 Å². The molecule has 2 aromatic carbocycles. The molecule has 0 unspecified atom stereocenters. The van der Waals surface area contributed by atoms with Crippen LogP contribution in [0.4, 0.5) is 0 Å². The highest BCUT2D eigenvalue weighted by molar-refractivity contribution is 6.15. The van der Waals surface area contributed by atoms with Crippen LogP contribution in [-0.2, 0) is 4.79 Å². The molecule has 1 aliphatic heterocycles. The van der Waals surface area contributed by atoms with E-state index in [1.807, 2.05) is 24.3 Å². The highest BCUT2D eigenvalue weighted by Crippen LogP contribution is 2.37. The third kappa shape index (κ3) is 3.01. The number of allylic oxidation sites excluding steroid dienone is 1. The van der Waals surface area contributed by atoms with Crippen LogP contribution in [0.25, 0.3) is 6.08 Å². The Labute approximate surface area is 139 Å². The zero-order valence-electron chi connectivity index (χ0n) is 13.6. The molecular formula is C19H16O5. The van der Waals surface area contributed by atoms with Crippen molar-refractivity contribution in [1.82, 2.24) is 0 Å². The third-order valence-electron chi connectivity index (χ3n) is 3.60. The Kier molecular flexibility index (Phi) is 4.08. The number of ether oxygens (including phenoxy) is 3. The number of aryl methyl sites for hydroxylation is 1. The van der Waals surface area contributed by atoms with Gasteiger partial charge in [-0.3, -0.25) is 9.59 Å². The molecule has 0 N–H and O–H groups in total. The van der Waals surface area contributed by atoms with E-state index in [-0.39, 0.29) is 11.5 Å². The van der Waals surface area contributed by atoms with E-state index in [0.717, 1.165) is 5.56 Å². The molecule has 1 heterocycles. The Morgan fingerprint density at radius 2 is 1.96 bits per heavy atom. The molecule has 122 valence electrons. The largest absolute Gasteiger partial charge is 0.497 e. The molecule has 2 aromatic rings. The summed E-state index contributed by atoms with van der Waals surface area (Å²) in [4.78, 5) is 23.7. The highest BCUT2D eigenvalue weighted by Gasteiger charge is 2.30. The Morgan fingerprint density at radius 1 is 1.17 bits per heavy atom. The van der Waals surface area contributed by atoms with Crippen LogP contribution in [0.1, 0.15) is 28.4 Å². The number of hydrogen-bond donors (Lipinski definition) is 0. The lowest BCUT2D eigenvalue weighted by atomic mass is 10.0. The van der Waals surface area contributed by atoms with Crippen molar-refractivity contribution in [2.24, 2.45) is 0 Å². The first-order valence-corrected chi connectivity index (χ1v) is 7.39. The smallest absolute Gasteiger partial charge is 0.308 e. The molecule has 0 bridgehead atoms. The number of hydrogen-bond acceptors (Lipinski definition) is 5. The zero-order chi connectivity index (χ0) is 17.3. The van der Waals surface area contributed by atoms with Crippen molar-refractivity contribution in [2.45, 2.75) is 13.8 Å². The lowest BCUT2D eigenvalue weighted by Gasteiger charge is -2.05. The first kappa shape index (κ1) is 15.8. The second-order valence-electron chi connectivity index (χ2n) is 5.42. The van der Waals surface area contributed by atoms with Gasteiger partial charge < -0.3 is 14.2 Å². The molecular weight excluding hydrogens is 308 g/mol. The van der Waals surface area contributed by atoms with E-state index in [2.05, 4.69) is 0 Å². The first-order chi connectivity index (χ1) is 11.5. The number of ketones is 1. The Morgan fingerprint density at radius 3 is 2.67 bits per heavy atom. The number of carbonyl (C=O) groups excluding carboxylic acids is 2. The molecule has 0 fully saturated rings. The number of rotatable bonds is 3. The Bertz CT molecular complexity index is 864. The lowest BCUT2D eigenvalue weighted by Crippen LogP contribution is -2.02. The van der Waals surface area contributed by atoms with E-state index < -0.39 is 5.97 Å². The van der Waals surface area contributed by atoms with Crippen LogP contribution >= 0.6 is 0 Å². The van der Waals surface area contributed by atoms with E-state index in [1.165, 1.54) is 6.92 Å². The van der Waals surface area contributed by atoms with Gasteiger partial charge in [0.25, 0.3) is 0 Å². The number of Topliss-reactive ketones (excluding diaryl/α,β-unsaturated/α-hetero) is 1. The van der Waals surface area contributed by atoms with Gasteiger partial charge in [0.1, 0.15) is 17.2 Å². The number of carbonyl (C=O) groups is 2. The summed E-state index contributed by atoms with van der Waals surface area (Å²) in [6, 6.07) is 10.5. The minimum absolute atomic E-state index is 0.195. The predicted molar refractivity (Wildman–Crippen MR) is 88.4 cm³/mol. The molecule has 1 aliphatic rings. The monoisotopic (exact) mass is 324 g/mol. The fourth-order valence-corrected chi connectivity index (χ4v) is 2.58. The molecule has 24 heavy (non-hydrogen) atoms. The fraction of sp³-hybridized carbons (Fsp3) is 0.158. The first-order valence-electron chi connectivity index (χ1n) is 7.39. The van der Waals surface area contributed by atoms with Crippen LogP contribution in [0.3, 0.4) is 0 Å². The van der Waals surface area contributed by atoms with Gasteiger partial charge in [-0.25, -0.2) is 0 Å². The van der Waals surface area contributed by atoms with Crippen LogP contribution in [0.5, 0.6) is 17.2 Å². The maximum atomic E-state index is 12.6. The summed E-state index contributed by atoms with van der Waals surface area (Å²) >= 11 is 0. The molecule has 0 aliphatic carbocycles. The van der Waals surface area contributed by atoms with Crippen LogP contribution in [0.2, 0.25) is 0 Å². The minimum atomic E-state index is -0.425. The van der Waals surface area contributed by atoms with Crippen LogP contribution in [0.15, 0.2) is 42.2 Å². The van der Waals surface area contributed by atoms with Crippen molar-refractivity contribution in [1.29, 1.82) is 0 Å². The zero-order valence-corrected chi connectivity index (χ0v) is 13.6. The summed E-state index contributed by atoms with van der Waals surface area (Å²) in [7, 11) is 1.58. The van der Waals surface area contributed by atoms with Crippen molar-refractivity contribution in [3.05, 3.63) is 58.8 Å². The molecule has 3 rings (SSSR count). The number of benzene rings is 2. The SMILES string of the molecule is COc1cccc(/C=C2\Oc3cc(OC(C)=O)cc(C)c3C2=O)c1. The van der Waals surface area contributed by atoms with Gasteiger partial charge in [-0.2, -0.15) is 0 Å². The van der Waals surface area contributed by atoms with Gasteiger partial charge in [0.05, 0.1) is 12.7 Å². The molecule has 0 saturated heterocycles. The summed E-state index contributed by atoms with van der Waals surface area (Å²) in [5.41, 5.74) is 1.98. The fourth-order valence-electron chi connectivity index (χ4n) is 2.58. The molecule has 0 amide bonds. The van der Waals surface area contributed by atoms with Crippen molar-refractivity contribution < 1.29 is 23.8 Å². The average Bonchev–Trinajstić information content (AvgIpc) is 2.83. The maximum absolute atomic E-state index is 12.6. The molecule has 0 saturated carbocycles. The van der Waals surface area contributed by atoms with Gasteiger partial charge in [-0.1, -0.05) is 12.1 Å². The average molecular weight is 324 g/mol. The normalized spacial score (nSPS) is 14.3. The van der Waals surface area contributed by atoms with Crippen LogP contribution < -0.4 is 14.2 Å². The van der Waals surface area contributed by atoms with Gasteiger partial charge in [-0.05, 0) is 42.3 Å². The number of esters is 1. The lowest BCUT2D eigenvalue weighted by molar-refractivity contribution is -0.131. The molecule has 0 spiro atoms. The minimum Gasteiger partial charge on any atom is -0.497 e. The standard InChI is InChI=1S/C19H16O5/c1-11-7-15(23-12(2)20)10-16-18(11)19(21)17(24-16)9-13-5-4-6-14(8-13)22-3/h4-10H,1-3H3/b17-9-. The summed E-state index contributed by atoms with van der Waals surface area (Å²) in [5.74, 6) is 1.05. The van der Waals surface area contributed by atoms with Crippen molar-refractivity contribution in [3.63, 3.8) is 0 Å². The van der Waals surface area contributed by atoms with E-state index >= 15 is 0 Å². The quantitative estimate of drug-likeness (QED) is 0.491. The second-order valence-corrected chi connectivity index (χ2v) is 5.42. The van der Waals surface area contributed by atoms with Gasteiger partial charge >= 0.3 is 5.97 Å². The summed E-state index contributed by atoms with van der Waals surface area (Å²) in [6.07, 6.45) is 1.66. The second kappa shape index (κ2) is 6.20. The topological polar surface area (TPSA) is 61.8 Å². The van der Waals surface area contributed by atoms with Crippen molar-refractivity contribution >= 4 is 17.8 Å². The van der Waals surface area contributed by atoms with Crippen LogP contribution in [-0.4, -0.2) is 18.9 Å². The number of methoxy groups -OCH3 is 1. The van der Waals surface area contributed by atoms with E-state index in [4.69, 9.17) is 14.2 Å². The van der Waals surface area contributed by atoms with Gasteiger partial charge in [0.15, 0.2) is 5.76 Å². The molecule has 5 nitrogen and oxygen atoms in total. The summed E-state index contributed by atoms with van der Waals surface area (Å²) < 4.78 is 15.9. The molecule has 0 atom stereocenters. The van der Waals surface area contributed by atoms with Gasteiger partial charge in [-0.15, -0.1) is 0 Å². The Balaban J connectivity index is 1.96. The van der Waals surface area contributed by atoms with Crippen molar-refractivity contribution in [2.75, 3.05) is 7.11 Å². The van der Waals surface area contributed by atoms with Gasteiger partial charge in [0.2, 0.25) is 5.78 Å². The molecule has 5 heteroatoms. The predicted octanol–water partition coefficient (Wildman–Crippen LogP) is 3.55. The number of fused-ring (bicyclic) bond motifs is 1. The summed E-state index contributed by atoms with van der Waals surface area (Å²) in [5, 5.41) is 0. The third-order valence-corrected chi connectivity index (χ3v) is 3.60. The highest BCUT2D eigenvalue weighted by atomic mass is 16.5. The molecule has 0 aromatic heterocycles. The van der Waals surface area contributed by atoms with Gasteiger partial charge in [0, 0.05) is 13.0 Å².